The van der Waals surface area contributed by atoms with Gasteiger partial charge in [-0.1, -0.05) is 0 Å². The van der Waals surface area contributed by atoms with Crippen molar-refractivity contribution in [3.05, 3.63) is 42.0 Å². The fourth-order valence-electron chi connectivity index (χ4n) is 1.63. The van der Waals surface area contributed by atoms with Crippen LogP contribution in [-0.4, -0.2) is 18.0 Å². The molecule has 0 unspecified atom stereocenters. The number of benzene rings is 1. The molecule has 0 aliphatic carbocycles. The summed E-state index contributed by atoms with van der Waals surface area (Å²) in [6, 6.07) is 4.63. The first-order valence-corrected chi connectivity index (χ1v) is 7.20. The van der Waals surface area contributed by atoms with E-state index >= 15 is 0 Å². The zero-order valence-electron chi connectivity index (χ0n) is 10.8. The van der Waals surface area contributed by atoms with E-state index in [0.717, 1.165) is 5.56 Å². The van der Waals surface area contributed by atoms with Crippen molar-refractivity contribution in [1.82, 2.24) is 14.3 Å². The number of nitrogen functional groups attached to an aromatic ring is 1. The van der Waals surface area contributed by atoms with Gasteiger partial charge in [0.05, 0.1) is 11.4 Å². The Morgan fingerprint density at radius 1 is 1.42 bits per heavy atom. The lowest BCUT2D eigenvalue weighted by molar-refractivity contribution is 0.577. The van der Waals surface area contributed by atoms with Crippen LogP contribution in [0.2, 0.25) is 0 Å². The van der Waals surface area contributed by atoms with Gasteiger partial charge in [-0.3, -0.25) is 0 Å². The molecule has 2 aromatic rings. The van der Waals surface area contributed by atoms with E-state index in [1.165, 1.54) is 6.07 Å². The van der Waals surface area contributed by atoms with Gasteiger partial charge in [0.1, 0.15) is 5.82 Å². The van der Waals surface area contributed by atoms with Gasteiger partial charge in [-0.2, -0.15) is 0 Å². The molecule has 19 heavy (non-hydrogen) atoms. The first-order chi connectivity index (χ1) is 8.90. The highest BCUT2D eigenvalue weighted by atomic mass is 32.2. The van der Waals surface area contributed by atoms with Gasteiger partial charge in [0, 0.05) is 25.1 Å². The molecule has 0 saturated carbocycles. The van der Waals surface area contributed by atoms with Crippen molar-refractivity contribution in [2.45, 2.75) is 18.4 Å². The Kier molecular flexibility index (Phi) is 3.59. The van der Waals surface area contributed by atoms with Crippen LogP contribution in [0.1, 0.15) is 11.4 Å². The lowest BCUT2D eigenvalue weighted by Gasteiger charge is -2.08. The Morgan fingerprint density at radius 3 is 2.74 bits per heavy atom. The molecular formula is C12H16N4O2S. The normalized spacial score (nSPS) is 11.7. The predicted octanol–water partition coefficient (Wildman–Crippen LogP) is 0.789. The van der Waals surface area contributed by atoms with Crippen molar-refractivity contribution in [2.24, 2.45) is 7.05 Å². The highest BCUT2D eigenvalue weighted by Gasteiger charge is 2.15. The van der Waals surface area contributed by atoms with Gasteiger partial charge in [-0.25, -0.2) is 18.1 Å². The molecule has 7 heteroatoms. The summed E-state index contributed by atoms with van der Waals surface area (Å²) in [5.41, 5.74) is 6.98. The number of hydrogen-bond acceptors (Lipinski definition) is 4. The van der Waals surface area contributed by atoms with E-state index < -0.39 is 10.0 Å². The Balaban J connectivity index is 2.18. The number of imidazole rings is 1. The van der Waals surface area contributed by atoms with Gasteiger partial charge in [-0.15, -0.1) is 0 Å². The maximum atomic E-state index is 12.1. The molecule has 0 amide bonds. The van der Waals surface area contributed by atoms with E-state index in [2.05, 4.69) is 9.71 Å². The van der Waals surface area contributed by atoms with E-state index in [1.807, 2.05) is 7.05 Å². The number of aryl methyl sites for hydroxylation is 2. The second-order valence-corrected chi connectivity index (χ2v) is 6.06. The number of anilines is 1. The summed E-state index contributed by atoms with van der Waals surface area (Å²) in [5, 5.41) is 0. The number of sulfonamides is 1. The molecule has 102 valence electrons. The SMILES string of the molecule is Cc1cc(S(=O)(=O)NCc2nccn2C)ccc1N. The van der Waals surface area contributed by atoms with Crippen molar-refractivity contribution >= 4 is 15.7 Å². The van der Waals surface area contributed by atoms with E-state index in [4.69, 9.17) is 5.73 Å². The maximum absolute atomic E-state index is 12.1. The number of rotatable bonds is 4. The Labute approximate surface area is 112 Å². The van der Waals surface area contributed by atoms with Crippen molar-refractivity contribution in [1.29, 1.82) is 0 Å². The van der Waals surface area contributed by atoms with Gasteiger partial charge < -0.3 is 10.3 Å². The topological polar surface area (TPSA) is 90.0 Å². The third-order valence-corrected chi connectivity index (χ3v) is 4.29. The standard InChI is InChI=1S/C12H16N4O2S/c1-9-7-10(3-4-11(9)13)19(17,18)15-8-12-14-5-6-16(12)2/h3-7,15H,8,13H2,1-2H3. The summed E-state index contributed by atoms with van der Waals surface area (Å²) in [5.74, 6) is 0.649. The van der Waals surface area contributed by atoms with Crippen LogP contribution < -0.4 is 10.5 Å². The summed E-state index contributed by atoms with van der Waals surface area (Å²) in [6.07, 6.45) is 3.38. The molecule has 0 saturated heterocycles. The summed E-state index contributed by atoms with van der Waals surface area (Å²) in [6.45, 7) is 1.92. The van der Waals surface area contributed by atoms with Crippen LogP contribution >= 0.6 is 0 Å². The molecule has 0 aliphatic heterocycles. The molecule has 0 bridgehead atoms. The first kappa shape index (κ1) is 13.6. The zero-order chi connectivity index (χ0) is 14.0. The summed E-state index contributed by atoms with van der Waals surface area (Å²) in [7, 11) is -1.74. The maximum Gasteiger partial charge on any atom is 0.240 e. The van der Waals surface area contributed by atoms with Crippen LogP contribution in [-0.2, 0) is 23.6 Å². The Hall–Kier alpha value is -1.86. The molecule has 1 aromatic heterocycles. The molecule has 1 aromatic carbocycles. The minimum Gasteiger partial charge on any atom is -0.399 e. The fraction of sp³-hybridized carbons (Fsp3) is 0.250. The van der Waals surface area contributed by atoms with Crippen molar-refractivity contribution in [3.63, 3.8) is 0 Å². The molecule has 0 spiro atoms. The predicted molar refractivity (Wildman–Crippen MR) is 72.8 cm³/mol. The van der Waals surface area contributed by atoms with Crippen molar-refractivity contribution in [3.8, 4) is 0 Å². The van der Waals surface area contributed by atoms with Gasteiger partial charge in [0.15, 0.2) is 0 Å². The van der Waals surface area contributed by atoms with E-state index in [-0.39, 0.29) is 11.4 Å². The summed E-state index contributed by atoms with van der Waals surface area (Å²) < 4.78 is 28.5. The van der Waals surface area contributed by atoms with E-state index in [9.17, 15) is 8.42 Å². The average molecular weight is 280 g/mol. The third-order valence-electron chi connectivity index (χ3n) is 2.89. The minimum atomic E-state index is -3.55. The second-order valence-electron chi connectivity index (χ2n) is 4.30. The van der Waals surface area contributed by atoms with Gasteiger partial charge in [0.2, 0.25) is 10.0 Å². The molecular weight excluding hydrogens is 264 g/mol. The Morgan fingerprint density at radius 2 is 2.16 bits per heavy atom. The van der Waals surface area contributed by atoms with E-state index in [1.54, 1.807) is 36.0 Å². The summed E-state index contributed by atoms with van der Waals surface area (Å²) >= 11 is 0. The highest BCUT2D eigenvalue weighted by molar-refractivity contribution is 7.89. The lowest BCUT2D eigenvalue weighted by atomic mass is 10.2. The largest absolute Gasteiger partial charge is 0.399 e. The molecule has 2 rings (SSSR count). The van der Waals surface area contributed by atoms with Gasteiger partial charge in [0.25, 0.3) is 0 Å². The second kappa shape index (κ2) is 5.02. The third kappa shape index (κ3) is 2.94. The van der Waals surface area contributed by atoms with Crippen molar-refractivity contribution < 1.29 is 8.42 Å². The molecule has 0 aliphatic rings. The van der Waals surface area contributed by atoms with Gasteiger partial charge in [-0.05, 0) is 30.7 Å². The highest BCUT2D eigenvalue weighted by Crippen LogP contribution is 2.16. The van der Waals surface area contributed by atoms with Crippen LogP contribution in [0.15, 0.2) is 35.5 Å². The quantitative estimate of drug-likeness (QED) is 0.810. The first-order valence-electron chi connectivity index (χ1n) is 5.72. The van der Waals surface area contributed by atoms with Crippen LogP contribution in [0.3, 0.4) is 0 Å². The van der Waals surface area contributed by atoms with Crippen molar-refractivity contribution in [2.75, 3.05) is 5.73 Å². The molecule has 0 atom stereocenters. The fourth-order valence-corrected chi connectivity index (χ4v) is 2.69. The zero-order valence-corrected chi connectivity index (χ0v) is 11.6. The monoisotopic (exact) mass is 280 g/mol. The molecule has 6 nitrogen and oxygen atoms in total. The lowest BCUT2D eigenvalue weighted by Crippen LogP contribution is -2.24. The summed E-state index contributed by atoms with van der Waals surface area (Å²) in [4.78, 5) is 4.26. The number of aromatic nitrogens is 2. The molecule has 1 heterocycles. The average Bonchev–Trinajstić information content (AvgIpc) is 2.76. The van der Waals surface area contributed by atoms with Crippen LogP contribution in [0, 0.1) is 6.92 Å². The van der Waals surface area contributed by atoms with Gasteiger partial charge >= 0.3 is 0 Å². The number of hydrogen-bond donors (Lipinski definition) is 2. The molecule has 0 radical (unpaired) electrons. The van der Waals surface area contributed by atoms with E-state index in [0.29, 0.717) is 11.5 Å². The number of nitrogens with two attached hydrogens (primary N) is 1. The number of nitrogens with one attached hydrogen (secondary N) is 1. The van der Waals surface area contributed by atoms with Crippen LogP contribution in [0.5, 0.6) is 0 Å². The van der Waals surface area contributed by atoms with Crippen LogP contribution in [0.25, 0.3) is 0 Å². The van der Waals surface area contributed by atoms with Crippen LogP contribution in [0.4, 0.5) is 5.69 Å². The molecule has 0 fully saturated rings. The Bertz CT molecular complexity index is 692. The minimum absolute atomic E-state index is 0.148. The number of nitrogens with zero attached hydrogens (tertiary/aromatic N) is 2. The molecule has 3 N–H and O–H groups in total. The smallest absolute Gasteiger partial charge is 0.240 e.